The Morgan fingerprint density at radius 2 is 2.20 bits per heavy atom. The summed E-state index contributed by atoms with van der Waals surface area (Å²) in [6, 6.07) is 4.09. The van der Waals surface area contributed by atoms with Crippen LogP contribution in [0.4, 0.5) is 5.69 Å². The first-order chi connectivity index (χ1) is 9.04. The van der Waals surface area contributed by atoms with Gasteiger partial charge in [0.05, 0.1) is 18.0 Å². The van der Waals surface area contributed by atoms with Gasteiger partial charge in [0.1, 0.15) is 0 Å². The number of ether oxygens (including phenoxy) is 1. The van der Waals surface area contributed by atoms with Crippen LogP contribution in [-0.2, 0) is 4.79 Å². The molecule has 0 atom stereocenters. The minimum Gasteiger partial charge on any atom is -0.486 e. The van der Waals surface area contributed by atoms with Crippen LogP contribution in [-0.4, -0.2) is 30.5 Å². The van der Waals surface area contributed by atoms with E-state index in [0.717, 1.165) is 0 Å². The summed E-state index contributed by atoms with van der Waals surface area (Å²) in [5.74, 6) is -0.136. The normalized spacial score (nSPS) is 9.50. The molecule has 0 aliphatic heterocycles. The van der Waals surface area contributed by atoms with E-state index in [2.05, 4.69) is 5.32 Å². The molecule has 0 aliphatic carbocycles. The second kappa shape index (κ2) is 9.35. The van der Waals surface area contributed by atoms with Gasteiger partial charge in [0.15, 0.2) is 5.75 Å². The number of nitrogens with one attached hydrogen (secondary N) is 1. The molecule has 0 radical (unpaired) electrons. The molecule has 0 saturated heterocycles. The van der Waals surface area contributed by atoms with Crippen molar-refractivity contribution in [1.29, 1.82) is 0 Å². The number of carbonyl (C=O) groups excluding carboxylic acids is 1. The van der Waals surface area contributed by atoms with E-state index < -0.39 is 4.92 Å². The molecule has 0 heterocycles. The Labute approximate surface area is 127 Å². The monoisotopic (exact) mass is 323 g/mol. The number of amides is 1. The maximum absolute atomic E-state index is 11.3. The third kappa shape index (κ3) is 6.05. The van der Waals surface area contributed by atoms with E-state index in [1.54, 1.807) is 0 Å². The topological polar surface area (TPSA) is 107 Å². The molecule has 0 fully saturated rings. The summed E-state index contributed by atoms with van der Waals surface area (Å²) < 4.78 is 5.21. The van der Waals surface area contributed by atoms with Crippen molar-refractivity contribution in [1.82, 2.24) is 5.32 Å². The molecule has 0 bridgehead atoms. The summed E-state index contributed by atoms with van der Waals surface area (Å²) >= 11 is 5.67. The summed E-state index contributed by atoms with van der Waals surface area (Å²) in [6.45, 7) is 0.786. The number of hydrogen-bond donors (Lipinski definition) is 2. The number of hydrogen-bond acceptors (Lipinski definition) is 5. The van der Waals surface area contributed by atoms with E-state index in [4.69, 9.17) is 22.1 Å². The highest BCUT2D eigenvalue weighted by Gasteiger charge is 2.15. The fourth-order valence-electron chi connectivity index (χ4n) is 1.31. The van der Waals surface area contributed by atoms with Crippen molar-refractivity contribution >= 4 is 35.6 Å². The standard InChI is InChI=1S/C11H14ClN3O4.ClH/c12-8-1-2-10(9(7-8)15(17)18)19-6-3-11(16)14-5-4-13;/h1-2,7H,3-6,13H2,(H,14,16);1H. The first-order valence-electron chi connectivity index (χ1n) is 5.58. The Morgan fingerprint density at radius 1 is 1.50 bits per heavy atom. The Balaban J connectivity index is 0.00000361. The smallest absolute Gasteiger partial charge is 0.312 e. The summed E-state index contributed by atoms with van der Waals surface area (Å²) in [4.78, 5) is 21.5. The third-order valence-corrected chi connectivity index (χ3v) is 2.41. The number of rotatable bonds is 7. The molecule has 1 aromatic rings. The highest BCUT2D eigenvalue weighted by atomic mass is 35.5. The van der Waals surface area contributed by atoms with Crippen LogP contribution in [0.2, 0.25) is 5.02 Å². The maximum atomic E-state index is 11.3. The third-order valence-electron chi connectivity index (χ3n) is 2.17. The van der Waals surface area contributed by atoms with Gasteiger partial charge in [-0.3, -0.25) is 14.9 Å². The van der Waals surface area contributed by atoms with Gasteiger partial charge in [-0.25, -0.2) is 0 Å². The fraction of sp³-hybridized carbons (Fsp3) is 0.364. The van der Waals surface area contributed by atoms with Crippen molar-refractivity contribution in [2.75, 3.05) is 19.7 Å². The summed E-state index contributed by atoms with van der Waals surface area (Å²) in [7, 11) is 0. The van der Waals surface area contributed by atoms with Gasteiger partial charge >= 0.3 is 5.69 Å². The molecule has 112 valence electrons. The van der Waals surface area contributed by atoms with E-state index in [1.165, 1.54) is 18.2 Å². The van der Waals surface area contributed by atoms with E-state index in [-0.39, 0.29) is 47.8 Å². The predicted octanol–water partition coefficient (Wildman–Crippen LogP) is 1.51. The number of carbonyl (C=O) groups is 1. The van der Waals surface area contributed by atoms with Gasteiger partial charge in [-0.2, -0.15) is 0 Å². The van der Waals surface area contributed by atoms with Gasteiger partial charge in [0.2, 0.25) is 5.91 Å². The van der Waals surface area contributed by atoms with Crippen LogP contribution >= 0.6 is 24.0 Å². The van der Waals surface area contributed by atoms with Crippen LogP contribution in [0.15, 0.2) is 18.2 Å². The van der Waals surface area contributed by atoms with Gasteiger partial charge < -0.3 is 15.8 Å². The van der Waals surface area contributed by atoms with Crippen LogP contribution in [0.25, 0.3) is 0 Å². The van der Waals surface area contributed by atoms with Crippen LogP contribution < -0.4 is 15.8 Å². The minimum absolute atomic E-state index is 0. The zero-order valence-electron chi connectivity index (χ0n) is 10.5. The summed E-state index contributed by atoms with van der Waals surface area (Å²) in [5.41, 5.74) is 5.00. The zero-order chi connectivity index (χ0) is 14.3. The second-order valence-electron chi connectivity index (χ2n) is 3.61. The average Bonchev–Trinajstić information content (AvgIpc) is 2.37. The van der Waals surface area contributed by atoms with E-state index in [1.807, 2.05) is 0 Å². The summed E-state index contributed by atoms with van der Waals surface area (Å²) in [5, 5.41) is 13.6. The van der Waals surface area contributed by atoms with Crippen LogP contribution in [0.1, 0.15) is 6.42 Å². The lowest BCUT2D eigenvalue weighted by Gasteiger charge is -2.07. The van der Waals surface area contributed by atoms with E-state index in [9.17, 15) is 14.9 Å². The predicted molar refractivity (Wildman–Crippen MR) is 77.5 cm³/mol. The molecule has 1 amide bonds. The average molecular weight is 324 g/mol. The number of nitro benzene ring substituents is 1. The van der Waals surface area contributed by atoms with Gasteiger partial charge in [-0.05, 0) is 12.1 Å². The molecule has 3 N–H and O–H groups in total. The number of halogens is 2. The Kier molecular flexibility index (Phi) is 8.62. The molecule has 0 aliphatic rings. The number of nitrogens with zero attached hydrogens (tertiary/aromatic N) is 1. The van der Waals surface area contributed by atoms with Crippen molar-refractivity contribution in [2.24, 2.45) is 5.73 Å². The molecule has 0 aromatic heterocycles. The molecular formula is C11H15Cl2N3O4. The summed E-state index contributed by atoms with van der Waals surface area (Å²) in [6.07, 6.45) is 0.0970. The first kappa shape index (κ1) is 18.4. The van der Waals surface area contributed by atoms with Crippen molar-refractivity contribution in [3.05, 3.63) is 33.3 Å². The molecule has 9 heteroatoms. The molecule has 0 saturated carbocycles. The fourth-order valence-corrected chi connectivity index (χ4v) is 1.48. The van der Waals surface area contributed by atoms with Crippen molar-refractivity contribution in [3.63, 3.8) is 0 Å². The molecule has 1 rings (SSSR count). The van der Waals surface area contributed by atoms with Crippen LogP contribution in [0.5, 0.6) is 5.75 Å². The quantitative estimate of drug-likeness (QED) is 0.584. The van der Waals surface area contributed by atoms with Gasteiger partial charge in [-0.15, -0.1) is 12.4 Å². The lowest BCUT2D eigenvalue weighted by atomic mass is 10.3. The number of benzene rings is 1. The Morgan fingerprint density at radius 3 is 2.80 bits per heavy atom. The number of nitrogens with two attached hydrogens (primary N) is 1. The SMILES string of the molecule is Cl.NCCNC(=O)CCOc1ccc(Cl)cc1[N+](=O)[O-]. The largest absolute Gasteiger partial charge is 0.486 e. The molecule has 0 spiro atoms. The highest BCUT2D eigenvalue weighted by molar-refractivity contribution is 6.30. The first-order valence-corrected chi connectivity index (χ1v) is 5.96. The molecular weight excluding hydrogens is 309 g/mol. The van der Waals surface area contributed by atoms with Gasteiger partial charge in [0, 0.05) is 24.2 Å². The number of nitro groups is 1. The van der Waals surface area contributed by atoms with Crippen LogP contribution in [0.3, 0.4) is 0 Å². The van der Waals surface area contributed by atoms with Crippen LogP contribution in [0, 0.1) is 10.1 Å². The second-order valence-corrected chi connectivity index (χ2v) is 4.04. The maximum Gasteiger partial charge on any atom is 0.312 e. The van der Waals surface area contributed by atoms with Gasteiger partial charge in [0.25, 0.3) is 0 Å². The van der Waals surface area contributed by atoms with E-state index in [0.29, 0.717) is 13.1 Å². The van der Waals surface area contributed by atoms with Crippen molar-refractivity contribution in [2.45, 2.75) is 6.42 Å². The van der Waals surface area contributed by atoms with Crippen molar-refractivity contribution in [3.8, 4) is 5.75 Å². The lowest BCUT2D eigenvalue weighted by molar-refractivity contribution is -0.385. The van der Waals surface area contributed by atoms with Gasteiger partial charge in [-0.1, -0.05) is 11.6 Å². The lowest BCUT2D eigenvalue weighted by Crippen LogP contribution is -2.29. The molecule has 20 heavy (non-hydrogen) atoms. The van der Waals surface area contributed by atoms with E-state index >= 15 is 0 Å². The molecule has 1 aromatic carbocycles. The molecule has 7 nitrogen and oxygen atoms in total. The Bertz CT molecular complexity index is 471. The highest BCUT2D eigenvalue weighted by Crippen LogP contribution is 2.29. The Hall–Kier alpha value is -1.57. The zero-order valence-corrected chi connectivity index (χ0v) is 12.1. The molecule has 0 unspecified atom stereocenters. The van der Waals surface area contributed by atoms with Crippen molar-refractivity contribution < 1.29 is 14.5 Å². The minimum atomic E-state index is -0.588.